The van der Waals surface area contributed by atoms with E-state index in [9.17, 15) is 13.2 Å². The monoisotopic (exact) mass is 304 g/mol. The minimum absolute atomic E-state index is 0.127. The summed E-state index contributed by atoms with van der Waals surface area (Å²) in [4.78, 5) is 7.68. The van der Waals surface area contributed by atoms with Crippen LogP contribution < -0.4 is 15.8 Å². The summed E-state index contributed by atoms with van der Waals surface area (Å²) in [5.41, 5.74) is 4.80. The molecule has 1 heterocycles. The summed E-state index contributed by atoms with van der Waals surface area (Å²) in [6.07, 6.45) is -3.66. The van der Waals surface area contributed by atoms with Crippen LogP contribution >= 0.6 is 0 Å². The summed E-state index contributed by atoms with van der Waals surface area (Å²) < 4.78 is 42.2. The molecule has 0 saturated heterocycles. The molecule has 21 heavy (non-hydrogen) atoms. The van der Waals surface area contributed by atoms with Crippen molar-refractivity contribution in [1.29, 1.82) is 0 Å². The van der Waals surface area contributed by atoms with E-state index in [1.54, 1.807) is 0 Å². The van der Waals surface area contributed by atoms with Crippen molar-refractivity contribution >= 4 is 5.96 Å². The maximum atomic E-state index is 12.3. The smallest absolute Gasteiger partial charge is 0.417 e. The second-order valence-corrected chi connectivity index (χ2v) is 4.78. The van der Waals surface area contributed by atoms with Crippen LogP contribution in [0.15, 0.2) is 23.3 Å². The molecule has 0 spiro atoms. The Balaban J connectivity index is 2.32. The van der Waals surface area contributed by atoms with Crippen LogP contribution in [0.3, 0.4) is 0 Å². The predicted molar refractivity (Wildman–Crippen MR) is 74.1 cm³/mol. The number of aromatic nitrogens is 1. The first kappa shape index (κ1) is 17.1. The van der Waals surface area contributed by atoms with Gasteiger partial charge in [-0.25, -0.2) is 4.98 Å². The molecular formula is C13H19F3N4O. The summed E-state index contributed by atoms with van der Waals surface area (Å²) in [5, 5.41) is 2.84. The third-order valence-electron chi connectivity index (χ3n) is 2.35. The lowest BCUT2D eigenvalue weighted by Crippen LogP contribution is -2.35. The van der Waals surface area contributed by atoms with Crippen molar-refractivity contribution in [2.75, 3.05) is 19.7 Å². The molecule has 0 radical (unpaired) electrons. The van der Waals surface area contributed by atoms with Crippen LogP contribution in [0.5, 0.6) is 5.88 Å². The Morgan fingerprint density at radius 1 is 1.43 bits per heavy atom. The van der Waals surface area contributed by atoms with Crippen LogP contribution in [-0.2, 0) is 6.18 Å². The van der Waals surface area contributed by atoms with Crippen molar-refractivity contribution in [3.8, 4) is 5.88 Å². The second kappa shape index (κ2) is 7.70. The highest BCUT2D eigenvalue weighted by molar-refractivity contribution is 5.77. The molecule has 0 aliphatic rings. The van der Waals surface area contributed by atoms with E-state index in [0.717, 1.165) is 12.3 Å². The highest BCUT2D eigenvalue weighted by Crippen LogP contribution is 2.29. The Bertz CT molecular complexity index is 457. The van der Waals surface area contributed by atoms with Gasteiger partial charge in [-0.15, -0.1) is 0 Å². The van der Waals surface area contributed by atoms with E-state index in [4.69, 9.17) is 10.5 Å². The van der Waals surface area contributed by atoms with Gasteiger partial charge in [0.25, 0.3) is 0 Å². The average molecular weight is 304 g/mol. The lowest BCUT2D eigenvalue weighted by atomic mass is 10.2. The largest absolute Gasteiger partial charge is 0.476 e. The Morgan fingerprint density at radius 3 is 2.67 bits per heavy atom. The number of ether oxygens (including phenoxy) is 1. The summed E-state index contributed by atoms with van der Waals surface area (Å²) in [6.45, 7) is 5.28. The Kier molecular flexibility index (Phi) is 6.26. The van der Waals surface area contributed by atoms with Gasteiger partial charge in [-0.1, -0.05) is 13.8 Å². The fourth-order valence-electron chi connectivity index (χ4n) is 1.30. The Morgan fingerprint density at radius 2 is 2.14 bits per heavy atom. The van der Waals surface area contributed by atoms with Crippen LogP contribution in [0, 0.1) is 5.92 Å². The molecule has 0 atom stereocenters. The van der Waals surface area contributed by atoms with Gasteiger partial charge in [0.05, 0.1) is 12.1 Å². The molecule has 1 rings (SSSR count). The minimum Gasteiger partial charge on any atom is -0.476 e. The van der Waals surface area contributed by atoms with Crippen molar-refractivity contribution in [3.05, 3.63) is 23.9 Å². The normalized spacial score (nSPS) is 12.6. The van der Waals surface area contributed by atoms with Gasteiger partial charge in [-0.3, -0.25) is 4.99 Å². The van der Waals surface area contributed by atoms with E-state index in [0.29, 0.717) is 25.0 Å². The van der Waals surface area contributed by atoms with E-state index in [1.807, 2.05) is 13.8 Å². The van der Waals surface area contributed by atoms with Crippen molar-refractivity contribution in [2.45, 2.75) is 20.0 Å². The fourth-order valence-corrected chi connectivity index (χ4v) is 1.30. The molecule has 3 N–H and O–H groups in total. The van der Waals surface area contributed by atoms with E-state index >= 15 is 0 Å². The molecule has 1 aromatic heterocycles. The average Bonchev–Trinajstić information content (AvgIpc) is 2.41. The van der Waals surface area contributed by atoms with Crippen LogP contribution in [0.25, 0.3) is 0 Å². The van der Waals surface area contributed by atoms with Gasteiger partial charge >= 0.3 is 6.18 Å². The first-order chi connectivity index (χ1) is 9.79. The summed E-state index contributed by atoms with van der Waals surface area (Å²) in [6, 6.07) is 2.10. The Hall–Kier alpha value is -1.99. The molecule has 5 nitrogen and oxygen atoms in total. The van der Waals surface area contributed by atoms with Crippen molar-refractivity contribution in [2.24, 2.45) is 16.6 Å². The number of nitrogens with one attached hydrogen (secondary N) is 1. The lowest BCUT2D eigenvalue weighted by molar-refractivity contribution is -0.137. The maximum Gasteiger partial charge on any atom is 0.417 e. The number of rotatable bonds is 6. The number of pyridine rings is 1. The zero-order valence-electron chi connectivity index (χ0n) is 11.9. The highest BCUT2D eigenvalue weighted by Gasteiger charge is 2.30. The van der Waals surface area contributed by atoms with Crippen LogP contribution in [0.2, 0.25) is 0 Å². The molecule has 1 aromatic rings. The quantitative estimate of drug-likeness (QED) is 0.479. The highest BCUT2D eigenvalue weighted by atomic mass is 19.4. The molecule has 0 amide bonds. The topological polar surface area (TPSA) is 72.5 Å². The van der Waals surface area contributed by atoms with E-state index < -0.39 is 11.7 Å². The molecule has 0 fully saturated rings. The van der Waals surface area contributed by atoms with Crippen molar-refractivity contribution < 1.29 is 17.9 Å². The van der Waals surface area contributed by atoms with E-state index in [2.05, 4.69) is 15.3 Å². The predicted octanol–water partition coefficient (Wildman–Crippen LogP) is 2.04. The van der Waals surface area contributed by atoms with Gasteiger partial charge in [-0.05, 0) is 12.0 Å². The molecule has 8 heteroatoms. The van der Waals surface area contributed by atoms with Gasteiger partial charge in [0.2, 0.25) is 5.88 Å². The summed E-state index contributed by atoms with van der Waals surface area (Å²) in [5.74, 6) is 0.855. The third-order valence-corrected chi connectivity index (χ3v) is 2.35. The van der Waals surface area contributed by atoms with Gasteiger partial charge in [0, 0.05) is 18.8 Å². The van der Waals surface area contributed by atoms with Crippen molar-refractivity contribution in [1.82, 2.24) is 10.3 Å². The molecule has 0 unspecified atom stereocenters. The number of guanidine groups is 1. The first-order valence-electron chi connectivity index (χ1n) is 6.49. The standard InChI is InChI=1S/C13H19F3N4O/c1-9(2)7-20-12(17)18-5-6-21-11-4-3-10(8-19-11)13(14,15)16/h3-4,8-9H,5-7H2,1-2H3,(H3,17,18,20). The van der Waals surface area contributed by atoms with Crippen molar-refractivity contribution in [3.63, 3.8) is 0 Å². The number of nitrogens with zero attached hydrogens (tertiary/aromatic N) is 2. The zero-order valence-corrected chi connectivity index (χ0v) is 11.9. The molecule has 0 bridgehead atoms. The van der Waals surface area contributed by atoms with Crippen LogP contribution in [0.4, 0.5) is 13.2 Å². The zero-order chi connectivity index (χ0) is 15.9. The molecule has 0 aliphatic carbocycles. The molecular weight excluding hydrogens is 285 g/mol. The number of alkyl halides is 3. The van der Waals surface area contributed by atoms with Gasteiger partial charge < -0.3 is 15.8 Å². The number of nitrogens with two attached hydrogens (primary N) is 1. The minimum atomic E-state index is -4.39. The van der Waals surface area contributed by atoms with Gasteiger partial charge in [0.1, 0.15) is 6.61 Å². The van der Waals surface area contributed by atoms with E-state index in [-0.39, 0.29) is 12.5 Å². The summed E-state index contributed by atoms with van der Waals surface area (Å²) in [7, 11) is 0. The maximum absolute atomic E-state index is 12.3. The lowest BCUT2D eigenvalue weighted by Gasteiger charge is -2.09. The second-order valence-electron chi connectivity index (χ2n) is 4.78. The fraction of sp³-hybridized carbons (Fsp3) is 0.538. The molecule has 0 saturated carbocycles. The van der Waals surface area contributed by atoms with Gasteiger partial charge in [0.15, 0.2) is 5.96 Å². The molecule has 0 aliphatic heterocycles. The number of hydrogen-bond acceptors (Lipinski definition) is 3. The molecule has 0 aromatic carbocycles. The number of hydrogen-bond donors (Lipinski definition) is 2. The summed E-state index contributed by atoms with van der Waals surface area (Å²) >= 11 is 0. The van der Waals surface area contributed by atoms with Crippen LogP contribution in [0.1, 0.15) is 19.4 Å². The SMILES string of the molecule is CC(C)CN=C(N)NCCOc1ccc(C(F)(F)F)cn1. The number of halogens is 3. The first-order valence-corrected chi connectivity index (χ1v) is 6.49. The van der Waals surface area contributed by atoms with Gasteiger partial charge in [-0.2, -0.15) is 13.2 Å². The molecule has 118 valence electrons. The van der Waals surface area contributed by atoms with Crippen LogP contribution in [-0.4, -0.2) is 30.6 Å². The van der Waals surface area contributed by atoms with E-state index in [1.165, 1.54) is 6.07 Å². The number of aliphatic imine (C=N–C) groups is 1. The Labute approximate surface area is 121 Å². The third kappa shape index (κ3) is 6.82.